The highest BCUT2D eigenvalue weighted by Crippen LogP contribution is 2.27. The van der Waals surface area contributed by atoms with Gasteiger partial charge in [-0.15, -0.1) is 0 Å². The molecule has 0 atom stereocenters. The number of benzene rings is 2. The zero-order valence-electron chi connectivity index (χ0n) is 11.9. The van der Waals surface area contributed by atoms with E-state index < -0.39 is 6.09 Å². The first-order chi connectivity index (χ1) is 10.7. The smallest absolute Gasteiger partial charge is 0.411 e. The third-order valence-electron chi connectivity index (χ3n) is 3.33. The van der Waals surface area contributed by atoms with E-state index in [1.807, 2.05) is 30.3 Å². The fourth-order valence-electron chi connectivity index (χ4n) is 2.22. The first-order valence-corrected chi connectivity index (χ1v) is 7.00. The summed E-state index contributed by atoms with van der Waals surface area (Å²) in [7, 11) is 0. The van der Waals surface area contributed by atoms with E-state index in [-0.39, 0.29) is 12.4 Å². The van der Waals surface area contributed by atoms with Crippen molar-refractivity contribution in [3.63, 3.8) is 0 Å². The molecule has 112 valence electrons. The molecule has 1 aliphatic rings. The Labute approximate surface area is 127 Å². The van der Waals surface area contributed by atoms with Crippen LogP contribution in [0, 0.1) is 0 Å². The van der Waals surface area contributed by atoms with Crippen LogP contribution in [-0.4, -0.2) is 18.5 Å². The molecule has 0 fully saturated rings. The topological polar surface area (TPSA) is 64.6 Å². The highest BCUT2D eigenvalue weighted by Gasteiger charge is 2.19. The molecule has 1 heterocycles. The molecule has 0 unspecified atom stereocenters. The summed E-state index contributed by atoms with van der Waals surface area (Å²) in [5.41, 5.74) is 1.91. The van der Waals surface area contributed by atoms with Crippen LogP contribution in [0.3, 0.4) is 0 Å². The van der Waals surface area contributed by atoms with Gasteiger partial charge in [0.1, 0.15) is 12.4 Å². The Morgan fingerprint density at radius 2 is 2.00 bits per heavy atom. The maximum atomic E-state index is 11.8. The first-order valence-electron chi connectivity index (χ1n) is 7.00. The third-order valence-corrected chi connectivity index (χ3v) is 3.33. The van der Waals surface area contributed by atoms with Crippen LogP contribution in [0.1, 0.15) is 22.3 Å². The molecule has 0 saturated heterocycles. The Kier molecular flexibility index (Phi) is 4.05. The Morgan fingerprint density at radius 3 is 2.82 bits per heavy atom. The molecule has 0 aliphatic carbocycles. The lowest BCUT2D eigenvalue weighted by molar-refractivity contribution is 0.0933. The molecule has 0 aromatic heterocycles. The Balaban J connectivity index is 1.62. The van der Waals surface area contributed by atoms with Gasteiger partial charge in [-0.3, -0.25) is 10.1 Å². The molecule has 0 bridgehead atoms. The minimum atomic E-state index is -0.562. The lowest BCUT2D eigenvalue weighted by Crippen LogP contribution is -2.17. The monoisotopic (exact) mass is 297 g/mol. The van der Waals surface area contributed by atoms with E-state index in [1.54, 1.807) is 18.2 Å². The fraction of sp³-hybridized carbons (Fsp3) is 0.176. The number of hydrogen-bond acceptors (Lipinski definition) is 4. The molecule has 0 spiro atoms. The van der Waals surface area contributed by atoms with E-state index in [9.17, 15) is 9.59 Å². The first kappa shape index (κ1) is 14.1. The largest absolute Gasteiger partial charge is 0.492 e. The van der Waals surface area contributed by atoms with Crippen molar-refractivity contribution >= 4 is 17.6 Å². The Bertz CT molecular complexity index is 697. The standard InChI is InChI=1S/C17H15NO4/c19-15-8-9-21-16-7-6-13(10-14(15)16)18-17(20)22-11-12-4-2-1-3-5-12/h1-7,10H,8-9,11H2,(H,18,20). The summed E-state index contributed by atoms with van der Waals surface area (Å²) in [5.74, 6) is 0.571. The quantitative estimate of drug-likeness (QED) is 0.943. The van der Waals surface area contributed by atoms with Gasteiger partial charge in [-0.1, -0.05) is 30.3 Å². The van der Waals surface area contributed by atoms with E-state index in [4.69, 9.17) is 9.47 Å². The predicted octanol–water partition coefficient (Wildman–Crippen LogP) is 3.40. The minimum Gasteiger partial charge on any atom is -0.492 e. The van der Waals surface area contributed by atoms with Crippen LogP contribution in [0.2, 0.25) is 0 Å². The van der Waals surface area contributed by atoms with Gasteiger partial charge in [-0.05, 0) is 23.8 Å². The second-order valence-corrected chi connectivity index (χ2v) is 4.92. The summed E-state index contributed by atoms with van der Waals surface area (Å²) in [5, 5.41) is 2.61. The molecule has 5 heteroatoms. The number of carbonyl (C=O) groups is 2. The van der Waals surface area contributed by atoms with Gasteiger partial charge >= 0.3 is 6.09 Å². The summed E-state index contributed by atoms with van der Waals surface area (Å²) in [6.07, 6.45) is -0.206. The fourth-order valence-corrected chi connectivity index (χ4v) is 2.22. The van der Waals surface area contributed by atoms with Gasteiger partial charge in [0.2, 0.25) is 0 Å². The average Bonchev–Trinajstić information content (AvgIpc) is 2.55. The summed E-state index contributed by atoms with van der Waals surface area (Å²) in [6.45, 7) is 0.595. The number of ether oxygens (including phenoxy) is 2. The summed E-state index contributed by atoms with van der Waals surface area (Å²) in [4.78, 5) is 23.6. The Hall–Kier alpha value is -2.82. The van der Waals surface area contributed by atoms with Crippen molar-refractivity contribution in [2.75, 3.05) is 11.9 Å². The molecule has 3 rings (SSSR count). The lowest BCUT2D eigenvalue weighted by Gasteiger charge is -2.17. The number of rotatable bonds is 3. The van der Waals surface area contributed by atoms with Gasteiger partial charge in [0.25, 0.3) is 0 Å². The van der Waals surface area contributed by atoms with Crippen molar-refractivity contribution in [1.29, 1.82) is 0 Å². The van der Waals surface area contributed by atoms with Gasteiger partial charge in [0.05, 0.1) is 12.2 Å². The van der Waals surface area contributed by atoms with Gasteiger partial charge in [0, 0.05) is 12.1 Å². The SMILES string of the molecule is O=C(Nc1ccc2c(c1)C(=O)CCO2)OCc1ccccc1. The normalized spacial score (nSPS) is 13.0. The summed E-state index contributed by atoms with van der Waals surface area (Å²) >= 11 is 0. The molecule has 0 saturated carbocycles. The maximum Gasteiger partial charge on any atom is 0.411 e. The van der Waals surface area contributed by atoms with Gasteiger partial charge in [-0.2, -0.15) is 0 Å². The van der Waals surface area contributed by atoms with Crippen LogP contribution < -0.4 is 10.1 Å². The average molecular weight is 297 g/mol. The molecular formula is C17H15NO4. The number of anilines is 1. The van der Waals surface area contributed by atoms with Crippen LogP contribution in [0.4, 0.5) is 10.5 Å². The molecule has 1 aliphatic heterocycles. The highest BCUT2D eigenvalue weighted by molar-refractivity contribution is 6.01. The van der Waals surface area contributed by atoms with Crippen molar-refractivity contribution in [3.8, 4) is 5.75 Å². The zero-order chi connectivity index (χ0) is 15.4. The van der Waals surface area contributed by atoms with Crippen molar-refractivity contribution in [1.82, 2.24) is 0 Å². The van der Waals surface area contributed by atoms with Crippen molar-refractivity contribution < 1.29 is 19.1 Å². The van der Waals surface area contributed by atoms with Crippen LogP contribution in [0.25, 0.3) is 0 Å². The number of carbonyl (C=O) groups excluding carboxylic acids is 2. The van der Waals surface area contributed by atoms with Crippen molar-refractivity contribution in [2.24, 2.45) is 0 Å². The van der Waals surface area contributed by atoms with E-state index >= 15 is 0 Å². The van der Waals surface area contributed by atoms with Crippen LogP contribution >= 0.6 is 0 Å². The second-order valence-electron chi connectivity index (χ2n) is 4.92. The molecule has 2 aromatic carbocycles. The Morgan fingerprint density at radius 1 is 1.18 bits per heavy atom. The molecule has 22 heavy (non-hydrogen) atoms. The molecular weight excluding hydrogens is 282 g/mol. The number of hydrogen-bond donors (Lipinski definition) is 1. The minimum absolute atomic E-state index is 0.0163. The van der Waals surface area contributed by atoms with Gasteiger partial charge < -0.3 is 9.47 Å². The zero-order valence-corrected chi connectivity index (χ0v) is 11.9. The van der Waals surface area contributed by atoms with Crippen molar-refractivity contribution in [2.45, 2.75) is 13.0 Å². The molecule has 1 N–H and O–H groups in total. The third kappa shape index (κ3) is 3.25. The molecule has 5 nitrogen and oxygen atoms in total. The molecule has 1 amide bonds. The van der Waals surface area contributed by atoms with E-state index in [1.165, 1.54) is 0 Å². The maximum absolute atomic E-state index is 11.8. The lowest BCUT2D eigenvalue weighted by atomic mass is 10.0. The van der Waals surface area contributed by atoms with E-state index in [0.29, 0.717) is 30.0 Å². The van der Waals surface area contributed by atoms with E-state index in [0.717, 1.165) is 5.56 Å². The van der Waals surface area contributed by atoms with E-state index in [2.05, 4.69) is 5.32 Å². The van der Waals surface area contributed by atoms with Crippen LogP contribution in [-0.2, 0) is 11.3 Å². The molecule has 2 aromatic rings. The van der Waals surface area contributed by atoms with Crippen LogP contribution in [0.15, 0.2) is 48.5 Å². The summed E-state index contributed by atoms with van der Waals surface area (Å²) in [6, 6.07) is 14.4. The predicted molar refractivity (Wildman–Crippen MR) is 81.1 cm³/mol. The van der Waals surface area contributed by atoms with Gasteiger partial charge in [-0.25, -0.2) is 4.79 Å². The number of ketones is 1. The van der Waals surface area contributed by atoms with Crippen LogP contribution in [0.5, 0.6) is 5.75 Å². The second kappa shape index (κ2) is 6.30. The van der Waals surface area contributed by atoms with Gasteiger partial charge in [0.15, 0.2) is 5.78 Å². The number of amides is 1. The number of Topliss-reactive ketones (excluding diaryl/α,β-unsaturated/α-hetero) is 1. The van der Waals surface area contributed by atoms with Crippen molar-refractivity contribution in [3.05, 3.63) is 59.7 Å². The number of fused-ring (bicyclic) bond motifs is 1. The molecule has 0 radical (unpaired) electrons. The number of nitrogens with one attached hydrogen (secondary N) is 1. The summed E-state index contributed by atoms with van der Waals surface area (Å²) < 4.78 is 10.5. The highest BCUT2D eigenvalue weighted by atomic mass is 16.5.